The maximum atomic E-state index is 5.40. The number of rotatable bonds is 1. The summed E-state index contributed by atoms with van der Waals surface area (Å²) in [4.78, 5) is 9.36. The summed E-state index contributed by atoms with van der Waals surface area (Å²) in [6, 6.07) is 0. The first kappa shape index (κ1) is 10.2. The number of nitrogens with zero attached hydrogens (tertiary/aromatic N) is 2. The van der Waals surface area contributed by atoms with Gasteiger partial charge >= 0.3 is 0 Å². The number of ether oxygens (including phenoxy) is 1. The van der Waals surface area contributed by atoms with Gasteiger partial charge < -0.3 is 10.1 Å². The van der Waals surface area contributed by atoms with Crippen molar-refractivity contribution >= 4 is 0 Å². The molecule has 86 valence electrons. The van der Waals surface area contributed by atoms with Gasteiger partial charge in [0.2, 0.25) is 0 Å². The zero-order valence-corrected chi connectivity index (χ0v) is 9.62. The van der Waals surface area contributed by atoms with Gasteiger partial charge in [-0.3, -0.25) is 0 Å². The molecule has 1 saturated heterocycles. The van der Waals surface area contributed by atoms with Crippen LogP contribution in [-0.2, 0) is 17.7 Å². The van der Waals surface area contributed by atoms with Crippen LogP contribution in [0, 0.1) is 6.92 Å². The van der Waals surface area contributed by atoms with Crippen molar-refractivity contribution in [1.82, 2.24) is 15.3 Å². The van der Waals surface area contributed by atoms with Crippen molar-refractivity contribution in [2.75, 3.05) is 19.8 Å². The lowest BCUT2D eigenvalue weighted by molar-refractivity contribution is 0.193. The Bertz CT molecular complexity index is 399. The van der Waals surface area contributed by atoms with Gasteiger partial charge in [-0.15, -0.1) is 0 Å². The third-order valence-electron chi connectivity index (χ3n) is 3.45. The lowest BCUT2D eigenvalue weighted by Crippen LogP contribution is -2.27. The lowest BCUT2D eigenvalue weighted by Gasteiger charge is -2.19. The molecule has 2 aliphatic rings. The van der Waals surface area contributed by atoms with Crippen LogP contribution in [0.25, 0.3) is 0 Å². The van der Waals surface area contributed by atoms with Gasteiger partial charge in [-0.2, -0.15) is 0 Å². The molecule has 3 rings (SSSR count). The molecular formula is C12H17N3O. The number of nitrogens with one attached hydrogen (secondary N) is 1. The van der Waals surface area contributed by atoms with E-state index >= 15 is 0 Å². The highest BCUT2D eigenvalue weighted by atomic mass is 16.5. The topological polar surface area (TPSA) is 47.0 Å². The van der Waals surface area contributed by atoms with E-state index in [1.807, 2.05) is 0 Å². The molecule has 0 aromatic carbocycles. The van der Waals surface area contributed by atoms with E-state index in [0.717, 1.165) is 50.7 Å². The minimum Gasteiger partial charge on any atom is -0.381 e. The van der Waals surface area contributed by atoms with Gasteiger partial charge in [-0.1, -0.05) is 0 Å². The minimum atomic E-state index is 0.416. The van der Waals surface area contributed by atoms with E-state index in [2.05, 4.69) is 17.2 Å². The maximum Gasteiger partial charge on any atom is 0.134 e. The fraction of sp³-hybridized carbons (Fsp3) is 0.667. The van der Waals surface area contributed by atoms with Crippen molar-refractivity contribution in [3.8, 4) is 0 Å². The lowest BCUT2D eigenvalue weighted by atomic mass is 10.0. The molecular weight excluding hydrogens is 202 g/mol. The molecule has 1 aromatic heterocycles. The Morgan fingerprint density at radius 1 is 1.38 bits per heavy atom. The fourth-order valence-electron chi connectivity index (χ4n) is 2.46. The fourth-order valence-corrected chi connectivity index (χ4v) is 2.46. The third kappa shape index (κ3) is 1.72. The van der Waals surface area contributed by atoms with Crippen molar-refractivity contribution in [1.29, 1.82) is 0 Å². The molecule has 0 bridgehead atoms. The van der Waals surface area contributed by atoms with Crippen molar-refractivity contribution in [3.05, 3.63) is 22.8 Å². The molecule has 4 nitrogen and oxygen atoms in total. The predicted molar refractivity (Wildman–Crippen MR) is 60.4 cm³/mol. The van der Waals surface area contributed by atoms with Gasteiger partial charge in [-0.25, -0.2) is 9.97 Å². The van der Waals surface area contributed by atoms with Gasteiger partial charge in [0.05, 0.1) is 12.3 Å². The summed E-state index contributed by atoms with van der Waals surface area (Å²) in [7, 11) is 0. The summed E-state index contributed by atoms with van der Waals surface area (Å²) in [5, 5.41) is 3.37. The molecule has 3 heterocycles. The van der Waals surface area contributed by atoms with Gasteiger partial charge in [0.15, 0.2) is 0 Å². The van der Waals surface area contributed by atoms with Crippen molar-refractivity contribution in [3.63, 3.8) is 0 Å². The van der Waals surface area contributed by atoms with E-state index in [1.165, 1.54) is 11.3 Å². The van der Waals surface area contributed by atoms with Crippen LogP contribution in [0.4, 0.5) is 0 Å². The molecule has 1 atom stereocenters. The highest BCUT2D eigenvalue weighted by Gasteiger charge is 2.23. The first-order chi connectivity index (χ1) is 7.84. The Kier molecular flexibility index (Phi) is 2.61. The summed E-state index contributed by atoms with van der Waals surface area (Å²) in [5.74, 6) is 1.41. The number of aryl methyl sites for hydroxylation is 1. The van der Waals surface area contributed by atoms with Crippen LogP contribution in [0.2, 0.25) is 0 Å². The Labute approximate surface area is 95.4 Å². The molecule has 2 aliphatic heterocycles. The third-order valence-corrected chi connectivity index (χ3v) is 3.45. The van der Waals surface area contributed by atoms with E-state index in [-0.39, 0.29) is 0 Å². The number of hydrogen-bond donors (Lipinski definition) is 1. The average Bonchev–Trinajstić information content (AvgIpc) is 2.82. The van der Waals surface area contributed by atoms with E-state index in [0.29, 0.717) is 5.92 Å². The number of aromatic nitrogens is 2. The van der Waals surface area contributed by atoms with E-state index in [4.69, 9.17) is 9.72 Å². The second-order valence-electron chi connectivity index (χ2n) is 4.58. The van der Waals surface area contributed by atoms with Crippen LogP contribution in [-0.4, -0.2) is 29.7 Å². The van der Waals surface area contributed by atoms with Gasteiger partial charge in [0.1, 0.15) is 5.82 Å². The van der Waals surface area contributed by atoms with Crippen LogP contribution >= 0.6 is 0 Å². The molecule has 4 heteroatoms. The second kappa shape index (κ2) is 4.11. The van der Waals surface area contributed by atoms with Crippen molar-refractivity contribution in [2.45, 2.75) is 32.2 Å². The van der Waals surface area contributed by atoms with Crippen LogP contribution in [0.5, 0.6) is 0 Å². The van der Waals surface area contributed by atoms with Gasteiger partial charge in [-0.05, 0) is 13.3 Å². The van der Waals surface area contributed by atoms with Crippen LogP contribution in [0.3, 0.4) is 0 Å². The molecule has 1 aromatic rings. The zero-order valence-electron chi connectivity index (χ0n) is 9.62. The van der Waals surface area contributed by atoms with Crippen LogP contribution in [0.15, 0.2) is 0 Å². The maximum absolute atomic E-state index is 5.40. The van der Waals surface area contributed by atoms with Crippen LogP contribution < -0.4 is 5.32 Å². The first-order valence-electron chi connectivity index (χ1n) is 5.99. The number of fused-ring (bicyclic) bond motifs is 1. The Hall–Kier alpha value is -1.00. The number of hydrogen-bond acceptors (Lipinski definition) is 4. The summed E-state index contributed by atoms with van der Waals surface area (Å²) < 4.78 is 5.40. The largest absolute Gasteiger partial charge is 0.381 e. The normalized spacial score (nSPS) is 24.4. The Balaban J connectivity index is 1.97. The second-order valence-corrected chi connectivity index (χ2v) is 4.58. The molecule has 0 spiro atoms. The van der Waals surface area contributed by atoms with Gasteiger partial charge in [0.25, 0.3) is 0 Å². The monoisotopic (exact) mass is 219 g/mol. The smallest absolute Gasteiger partial charge is 0.134 e. The first-order valence-corrected chi connectivity index (χ1v) is 5.99. The highest BCUT2D eigenvalue weighted by molar-refractivity contribution is 5.28. The molecule has 0 amide bonds. The Morgan fingerprint density at radius 3 is 3.12 bits per heavy atom. The molecule has 1 fully saturated rings. The van der Waals surface area contributed by atoms with E-state index in [9.17, 15) is 0 Å². The molecule has 1 unspecified atom stereocenters. The summed E-state index contributed by atoms with van der Waals surface area (Å²) in [6.07, 6.45) is 2.09. The van der Waals surface area contributed by atoms with Crippen molar-refractivity contribution < 1.29 is 4.74 Å². The molecule has 0 radical (unpaired) electrons. The average molecular weight is 219 g/mol. The molecule has 1 N–H and O–H groups in total. The summed E-state index contributed by atoms with van der Waals surface area (Å²) in [5.41, 5.74) is 3.68. The van der Waals surface area contributed by atoms with E-state index < -0.39 is 0 Å². The quantitative estimate of drug-likeness (QED) is 0.763. The van der Waals surface area contributed by atoms with Crippen LogP contribution in [0.1, 0.15) is 35.1 Å². The molecule has 0 saturated carbocycles. The van der Waals surface area contributed by atoms with Gasteiger partial charge in [0, 0.05) is 43.3 Å². The minimum absolute atomic E-state index is 0.416. The van der Waals surface area contributed by atoms with E-state index in [1.54, 1.807) is 0 Å². The summed E-state index contributed by atoms with van der Waals surface area (Å²) >= 11 is 0. The highest BCUT2D eigenvalue weighted by Crippen LogP contribution is 2.24. The zero-order chi connectivity index (χ0) is 11.0. The standard InChI is InChI=1S/C12H17N3O/c1-8-10-6-13-4-2-11(10)15-12(14-8)9-3-5-16-7-9/h9,13H,2-7H2,1H3. The predicted octanol–water partition coefficient (Wildman–Crippen LogP) is 0.935. The summed E-state index contributed by atoms with van der Waals surface area (Å²) in [6.45, 7) is 5.68. The van der Waals surface area contributed by atoms with Crippen molar-refractivity contribution in [2.24, 2.45) is 0 Å². The Morgan fingerprint density at radius 2 is 2.31 bits per heavy atom. The molecule has 0 aliphatic carbocycles. The SMILES string of the molecule is Cc1nc(C2CCOC2)nc2c1CNCC2. The molecule has 16 heavy (non-hydrogen) atoms.